The summed E-state index contributed by atoms with van der Waals surface area (Å²) in [6.07, 6.45) is 0.721. The molecule has 1 saturated heterocycles. The average molecular weight is 354 g/mol. The van der Waals surface area contributed by atoms with Crippen LogP contribution in [-0.4, -0.2) is 46.1 Å². The summed E-state index contributed by atoms with van der Waals surface area (Å²) in [4.78, 5) is 9.45. The molecule has 0 aliphatic carbocycles. The number of benzene rings is 1. The van der Waals surface area contributed by atoms with Crippen molar-refractivity contribution in [2.75, 3.05) is 26.2 Å². The van der Waals surface area contributed by atoms with Gasteiger partial charge in [-0.2, -0.15) is 16.3 Å². The molecule has 0 N–H and O–H groups in total. The molecule has 0 radical (unpaired) electrons. The predicted molar refractivity (Wildman–Crippen MR) is 98.4 cm³/mol. The molecule has 0 amide bonds. The summed E-state index contributed by atoms with van der Waals surface area (Å²) in [7, 11) is 0. The molecule has 5 nitrogen and oxygen atoms in total. The summed E-state index contributed by atoms with van der Waals surface area (Å²) in [5.74, 6) is 1.48. The molecule has 0 unspecified atom stereocenters. The molecule has 0 bridgehead atoms. The number of aromatic nitrogens is 2. The van der Waals surface area contributed by atoms with E-state index >= 15 is 0 Å². The predicted octanol–water partition coefficient (Wildman–Crippen LogP) is 3.04. The van der Waals surface area contributed by atoms with E-state index in [0.29, 0.717) is 0 Å². The third-order valence-corrected chi connectivity index (χ3v) is 5.26. The van der Waals surface area contributed by atoms with Crippen LogP contribution in [0.1, 0.15) is 22.8 Å². The monoisotopic (exact) mass is 354 g/mol. The Labute approximate surface area is 151 Å². The van der Waals surface area contributed by atoms with Gasteiger partial charge < -0.3 is 4.52 Å². The van der Waals surface area contributed by atoms with Crippen molar-refractivity contribution in [2.24, 2.45) is 0 Å². The van der Waals surface area contributed by atoms with Gasteiger partial charge in [0.2, 0.25) is 5.89 Å². The molecule has 25 heavy (non-hydrogen) atoms. The lowest BCUT2D eigenvalue weighted by atomic mass is 10.1. The molecular formula is C19H22N4OS. The first-order valence-electron chi connectivity index (χ1n) is 8.66. The van der Waals surface area contributed by atoms with Crippen LogP contribution in [0.2, 0.25) is 0 Å². The molecule has 3 heterocycles. The first-order chi connectivity index (χ1) is 12.3. The second-order valence-corrected chi connectivity index (χ2v) is 7.23. The SMILES string of the molecule is c1ccc(Cc2noc(CN3CCN(Cc4ccsc4)CC3)n2)cc1. The fraction of sp³-hybridized carbons (Fsp3) is 0.368. The quantitative estimate of drug-likeness (QED) is 0.681. The minimum Gasteiger partial charge on any atom is -0.338 e. The van der Waals surface area contributed by atoms with Gasteiger partial charge in [0, 0.05) is 39.1 Å². The summed E-state index contributed by atoms with van der Waals surface area (Å²) in [5, 5.41) is 8.50. The zero-order valence-corrected chi connectivity index (χ0v) is 15.0. The minimum atomic E-state index is 0.720. The maximum absolute atomic E-state index is 5.44. The van der Waals surface area contributed by atoms with Crippen molar-refractivity contribution < 1.29 is 4.52 Å². The van der Waals surface area contributed by atoms with Gasteiger partial charge in [-0.15, -0.1) is 0 Å². The second-order valence-electron chi connectivity index (χ2n) is 6.45. The zero-order chi connectivity index (χ0) is 16.9. The van der Waals surface area contributed by atoms with Gasteiger partial charge in [0.05, 0.1) is 6.54 Å². The Kier molecular flexibility index (Phi) is 5.20. The fourth-order valence-corrected chi connectivity index (χ4v) is 3.80. The van der Waals surface area contributed by atoms with Gasteiger partial charge >= 0.3 is 0 Å². The van der Waals surface area contributed by atoms with E-state index in [9.17, 15) is 0 Å². The highest BCUT2D eigenvalue weighted by atomic mass is 32.1. The van der Waals surface area contributed by atoms with Crippen molar-refractivity contribution in [3.05, 3.63) is 70.0 Å². The Morgan fingerprint density at radius 1 is 0.920 bits per heavy atom. The highest BCUT2D eigenvalue weighted by Crippen LogP contribution is 2.13. The van der Waals surface area contributed by atoms with E-state index in [-0.39, 0.29) is 0 Å². The van der Waals surface area contributed by atoms with Crippen molar-refractivity contribution in [3.8, 4) is 0 Å². The van der Waals surface area contributed by atoms with E-state index in [1.807, 2.05) is 18.2 Å². The number of hydrogen-bond acceptors (Lipinski definition) is 6. The summed E-state index contributed by atoms with van der Waals surface area (Å²) in [6.45, 7) is 6.05. The number of nitrogens with zero attached hydrogens (tertiary/aromatic N) is 4. The summed E-state index contributed by atoms with van der Waals surface area (Å²) in [5.41, 5.74) is 2.62. The number of thiophene rings is 1. The van der Waals surface area contributed by atoms with E-state index in [4.69, 9.17) is 4.52 Å². The number of piperazine rings is 1. The van der Waals surface area contributed by atoms with Crippen LogP contribution in [-0.2, 0) is 19.5 Å². The number of hydrogen-bond donors (Lipinski definition) is 0. The topological polar surface area (TPSA) is 45.4 Å². The molecule has 1 aromatic carbocycles. The van der Waals surface area contributed by atoms with E-state index in [1.165, 1.54) is 11.1 Å². The van der Waals surface area contributed by atoms with Crippen LogP contribution < -0.4 is 0 Å². The minimum absolute atomic E-state index is 0.720. The van der Waals surface area contributed by atoms with Gasteiger partial charge in [-0.3, -0.25) is 9.80 Å². The van der Waals surface area contributed by atoms with Gasteiger partial charge in [-0.05, 0) is 28.0 Å². The van der Waals surface area contributed by atoms with Gasteiger partial charge in [-0.25, -0.2) is 0 Å². The van der Waals surface area contributed by atoms with E-state index in [0.717, 1.165) is 57.4 Å². The molecule has 1 aliphatic heterocycles. The van der Waals surface area contributed by atoms with Crippen LogP contribution in [0.3, 0.4) is 0 Å². The highest BCUT2D eigenvalue weighted by molar-refractivity contribution is 7.07. The van der Waals surface area contributed by atoms with Crippen LogP contribution in [0.15, 0.2) is 51.7 Å². The maximum atomic E-state index is 5.44. The largest absolute Gasteiger partial charge is 0.338 e. The van der Waals surface area contributed by atoms with E-state index in [1.54, 1.807) is 11.3 Å². The van der Waals surface area contributed by atoms with Crippen molar-refractivity contribution in [1.29, 1.82) is 0 Å². The van der Waals surface area contributed by atoms with Gasteiger partial charge in [0.25, 0.3) is 0 Å². The molecule has 6 heteroatoms. The van der Waals surface area contributed by atoms with Crippen molar-refractivity contribution in [3.63, 3.8) is 0 Å². The average Bonchev–Trinajstić information content (AvgIpc) is 3.30. The van der Waals surface area contributed by atoms with Crippen LogP contribution >= 0.6 is 11.3 Å². The lowest BCUT2D eigenvalue weighted by molar-refractivity contribution is 0.112. The zero-order valence-electron chi connectivity index (χ0n) is 14.2. The van der Waals surface area contributed by atoms with Crippen LogP contribution in [0, 0.1) is 0 Å². The molecule has 4 rings (SSSR count). The molecule has 130 valence electrons. The maximum Gasteiger partial charge on any atom is 0.240 e. The second kappa shape index (κ2) is 7.91. The lowest BCUT2D eigenvalue weighted by Crippen LogP contribution is -2.45. The molecular weight excluding hydrogens is 332 g/mol. The van der Waals surface area contributed by atoms with Gasteiger partial charge in [0.1, 0.15) is 0 Å². The Hall–Kier alpha value is -2.02. The Bertz CT molecular complexity index is 764. The summed E-state index contributed by atoms with van der Waals surface area (Å²) < 4.78 is 5.44. The molecule has 2 aromatic heterocycles. The Morgan fingerprint density at radius 2 is 1.68 bits per heavy atom. The van der Waals surface area contributed by atoms with Crippen molar-refractivity contribution in [2.45, 2.75) is 19.5 Å². The van der Waals surface area contributed by atoms with E-state index in [2.05, 4.69) is 48.9 Å². The normalized spacial score (nSPS) is 16.3. The Morgan fingerprint density at radius 3 is 2.40 bits per heavy atom. The van der Waals surface area contributed by atoms with Crippen molar-refractivity contribution >= 4 is 11.3 Å². The molecule has 0 atom stereocenters. The van der Waals surface area contributed by atoms with Crippen molar-refractivity contribution in [1.82, 2.24) is 19.9 Å². The first kappa shape index (κ1) is 16.4. The van der Waals surface area contributed by atoms with Crippen LogP contribution in [0.4, 0.5) is 0 Å². The molecule has 3 aromatic rings. The number of rotatable bonds is 6. The lowest BCUT2D eigenvalue weighted by Gasteiger charge is -2.33. The van der Waals surface area contributed by atoms with Gasteiger partial charge in [0.15, 0.2) is 5.82 Å². The van der Waals surface area contributed by atoms with Gasteiger partial charge in [-0.1, -0.05) is 35.5 Å². The van der Waals surface area contributed by atoms with E-state index < -0.39 is 0 Å². The standard InChI is InChI=1S/C19H22N4OS/c1-2-4-16(5-3-1)12-18-20-19(24-21-18)14-23-9-7-22(8-10-23)13-17-6-11-25-15-17/h1-6,11,15H,7-10,12-14H2. The third kappa shape index (κ3) is 4.54. The smallest absolute Gasteiger partial charge is 0.240 e. The first-order valence-corrected chi connectivity index (χ1v) is 9.60. The van der Waals surface area contributed by atoms with Crippen LogP contribution in [0.5, 0.6) is 0 Å². The molecule has 0 spiro atoms. The molecule has 0 saturated carbocycles. The summed E-state index contributed by atoms with van der Waals surface area (Å²) in [6, 6.07) is 12.5. The Balaban J connectivity index is 1.26. The third-order valence-electron chi connectivity index (χ3n) is 4.53. The fourth-order valence-electron chi connectivity index (χ4n) is 3.14. The summed E-state index contributed by atoms with van der Waals surface area (Å²) >= 11 is 1.77. The highest BCUT2D eigenvalue weighted by Gasteiger charge is 2.19. The molecule has 1 fully saturated rings. The molecule has 1 aliphatic rings. The van der Waals surface area contributed by atoms with Crippen LogP contribution in [0.25, 0.3) is 0 Å².